The number of halogens is 10. The van der Waals surface area contributed by atoms with Crippen molar-refractivity contribution in [3.8, 4) is 0 Å². The maximum Gasteiger partial charge on any atom is 0.200 e. The third kappa shape index (κ3) is 3.51. The Morgan fingerprint density at radius 1 is 0.667 bits per heavy atom. The lowest BCUT2D eigenvalue weighted by Crippen LogP contribution is -2.53. The predicted octanol–water partition coefficient (Wildman–Crippen LogP) is 4.80. The van der Waals surface area contributed by atoms with Crippen LogP contribution in [-0.4, -0.2) is 31.1 Å². The van der Waals surface area contributed by atoms with Gasteiger partial charge in [0.05, 0.1) is 6.71 Å². The summed E-state index contributed by atoms with van der Waals surface area (Å²) in [5, 5.41) is 0. The molecule has 192 valence electrons. The van der Waals surface area contributed by atoms with Crippen molar-refractivity contribution in [3.63, 3.8) is 0 Å². The van der Waals surface area contributed by atoms with Gasteiger partial charge in [0.2, 0.25) is 0 Å². The number of nitrogens with zero attached hydrogens (tertiary/aromatic N) is 1. The molecule has 0 spiro atoms. The molecule has 0 amide bonds. The molecule has 0 bridgehead atoms. The summed E-state index contributed by atoms with van der Waals surface area (Å²) in [5.74, 6) is -25.7. The third-order valence-electron chi connectivity index (χ3n) is 7.15. The van der Waals surface area contributed by atoms with E-state index in [9.17, 15) is 26.3 Å². The van der Waals surface area contributed by atoms with Gasteiger partial charge < -0.3 is 0 Å². The van der Waals surface area contributed by atoms with Gasteiger partial charge in [0.25, 0.3) is 0 Å². The minimum atomic E-state index is -3.70. The zero-order valence-electron chi connectivity index (χ0n) is 19.4. The fourth-order valence-corrected chi connectivity index (χ4v) is 5.49. The van der Waals surface area contributed by atoms with E-state index in [0.717, 1.165) is 0 Å². The topological polar surface area (TPSA) is 3.01 Å². The molecule has 0 radical (unpaired) electrons. The Morgan fingerprint density at radius 3 is 1.39 bits per heavy atom. The van der Waals surface area contributed by atoms with Crippen molar-refractivity contribution >= 4 is 23.4 Å². The molecular weight excluding hydrogens is 503 g/mol. The van der Waals surface area contributed by atoms with Crippen molar-refractivity contribution in [2.24, 2.45) is 5.41 Å². The van der Waals surface area contributed by atoms with Crippen LogP contribution in [-0.2, 0) is 0 Å². The molecule has 4 rings (SSSR count). The Morgan fingerprint density at radius 2 is 1.03 bits per heavy atom. The highest BCUT2D eigenvalue weighted by atomic mass is 19.2. The summed E-state index contributed by atoms with van der Waals surface area (Å²) in [4.78, 5) is 0. The Balaban J connectivity index is 2.16. The van der Waals surface area contributed by atoms with E-state index in [1.165, 1.54) is 12.2 Å². The minimum Gasteiger partial charge on any atom is -0.239 e. The molecule has 2 aliphatic rings. The summed E-state index contributed by atoms with van der Waals surface area (Å²) < 4.78 is 146. The van der Waals surface area contributed by atoms with Crippen molar-refractivity contribution in [2.45, 2.75) is 26.1 Å². The van der Waals surface area contributed by atoms with Crippen LogP contribution in [0.1, 0.15) is 20.3 Å². The van der Waals surface area contributed by atoms with E-state index in [4.69, 9.17) is 0 Å². The summed E-state index contributed by atoms with van der Waals surface area (Å²) in [5.41, 5.74) is -2.49. The summed E-state index contributed by atoms with van der Waals surface area (Å²) in [7, 11) is 3.22. The fourth-order valence-electron chi connectivity index (χ4n) is 5.49. The molecule has 0 heterocycles. The van der Waals surface area contributed by atoms with Crippen molar-refractivity contribution in [3.05, 3.63) is 81.5 Å². The lowest BCUT2D eigenvalue weighted by atomic mass is 9.32. The Bertz CT molecular complexity index is 1290. The van der Waals surface area contributed by atoms with E-state index in [-0.39, 0.29) is 5.57 Å². The van der Waals surface area contributed by atoms with Crippen molar-refractivity contribution in [2.75, 3.05) is 14.1 Å². The molecule has 0 aliphatic heterocycles. The first-order chi connectivity index (χ1) is 16.6. The molecule has 36 heavy (non-hydrogen) atoms. The first kappa shape index (κ1) is 26.0. The van der Waals surface area contributed by atoms with Crippen molar-refractivity contribution in [1.29, 1.82) is 0 Å². The molecule has 2 aromatic carbocycles. The summed E-state index contributed by atoms with van der Waals surface area (Å²) in [6.07, 6.45) is 3.06. The van der Waals surface area contributed by atoms with Gasteiger partial charge in [-0.2, -0.15) is 0 Å². The van der Waals surface area contributed by atoms with Crippen LogP contribution in [0.5, 0.6) is 0 Å². The molecule has 2 aromatic rings. The second-order valence-corrected chi connectivity index (χ2v) is 9.88. The third-order valence-corrected chi connectivity index (χ3v) is 7.15. The number of benzene rings is 2. The molecule has 1 atom stereocenters. The highest BCUT2D eigenvalue weighted by molar-refractivity contribution is 6.88. The van der Waals surface area contributed by atoms with Crippen LogP contribution in [0.15, 0.2) is 23.3 Å². The van der Waals surface area contributed by atoms with Gasteiger partial charge in [-0.05, 0) is 16.6 Å². The second kappa shape index (κ2) is 8.52. The molecule has 0 fully saturated rings. The van der Waals surface area contributed by atoms with Crippen molar-refractivity contribution < 1.29 is 48.5 Å². The zero-order chi connectivity index (χ0) is 27.0. The number of hydrogen-bond donors (Lipinski definition) is 0. The van der Waals surface area contributed by atoms with Crippen molar-refractivity contribution in [1.82, 2.24) is 0 Å². The fraction of sp³-hybridized carbons (Fsp3) is 0.292. The van der Waals surface area contributed by atoms with Crippen LogP contribution in [0.3, 0.4) is 0 Å². The molecule has 0 unspecified atom stereocenters. The van der Waals surface area contributed by atoms with Gasteiger partial charge in [-0.15, -0.1) is 22.8 Å². The highest BCUT2D eigenvalue weighted by Gasteiger charge is 2.46. The zero-order valence-corrected chi connectivity index (χ0v) is 19.4. The van der Waals surface area contributed by atoms with E-state index in [1.54, 1.807) is 32.5 Å². The average Bonchev–Trinajstić information content (AvgIpc) is 3.37. The van der Waals surface area contributed by atoms with Gasteiger partial charge in [0, 0.05) is 6.42 Å². The molecule has 12 heteroatoms. The summed E-state index contributed by atoms with van der Waals surface area (Å²) in [6.45, 7) is -0.107. The Labute approximate surface area is 199 Å². The van der Waals surface area contributed by atoms with Crippen LogP contribution in [0.4, 0.5) is 43.9 Å². The van der Waals surface area contributed by atoms with E-state index in [0.29, 0.717) is 17.7 Å². The van der Waals surface area contributed by atoms with Gasteiger partial charge in [-0.3, -0.25) is 0 Å². The first-order valence-corrected chi connectivity index (χ1v) is 10.8. The van der Waals surface area contributed by atoms with Crippen LogP contribution in [0, 0.1) is 63.6 Å². The predicted molar refractivity (Wildman–Crippen MR) is 114 cm³/mol. The summed E-state index contributed by atoms with van der Waals surface area (Å²) in [6, 6.07) is 0. The van der Waals surface area contributed by atoms with E-state index in [1.807, 2.05) is 0 Å². The van der Waals surface area contributed by atoms with Gasteiger partial charge in [0.15, 0.2) is 40.6 Å². The normalized spacial score (nSPS) is 18.6. The lowest BCUT2D eigenvalue weighted by Gasteiger charge is -2.33. The maximum atomic E-state index is 15.0. The van der Waals surface area contributed by atoms with Crippen LogP contribution < -0.4 is 10.9 Å². The van der Waals surface area contributed by atoms with Crippen LogP contribution >= 0.6 is 0 Å². The van der Waals surface area contributed by atoms with E-state index in [2.05, 4.69) is 0 Å². The SMILES string of the molecule is C[N+](C)=C1CC(C)(C)C2=C1[C@H]([BH-](c1c(F)c(F)c(F)c(F)c1F)c1c(F)c(F)c(F)c(F)c1F)C=C2. The molecule has 0 aromatic heterocycles. The molecule has 0 saturated heterocycles. The van der Waals surface area contributed by atoms with Gasteiger partial charge >= 0.3 is 0 Å². The van der Waals surface area contributed by atoms with E-state index >= 15 is 17.6 Å². The molecule has 1 nitrogen and oxygen atoms in total. The summed E-state index contributed by atoms with van der Waals surface area (Å²) >= 11 is 0. The lowest BCUT2D eigenvalue weighted by molar-refractivity contribution is -0.465. The molecular formula is C24H18BF10N. The van der Waals surface area contributed by atoms with Gasteiger partial charge in [0.1, 0.15) is 37.4 Å². The molecule has 0 N–H and O–H groups in total. The van der Waals surface area contributed by atoms with Gasteiger partial charge in [-0.1, -0.05) is 19.9 Å². The maximum absolute atomic E-state index is 15.0. The average molecular weight is 521 g/mol. The monoisotopic (exact) mass is 521 g/mol. The second-order valence-electron chi connectivity index (χ2n) is 9.88. The molecule has 0 saturated carbocycles. The van der Waals surface area contributed by atoms with Crippen LogP contribution in [0.2, 0.25) is 5.82 Å². The largest absolute Gasteiger partial charge is 0.239 e. The smallest absolute Gasteiger partial charge is 0.200 e. The number of allylic oxidation sites excluding steroid dienone is 4. The van der Waals surface area contributed by atoms with Crippen LogP contribution in [0.25, 0.3) is 0 Å². The standard InChI is InChI=1S/C24H18BF10N/c1-24(2)7-10(36(3)4)11-8(24)5-6-9(11)25(12-14(26)18(30)22(34)19(31)15(12)27)13-16(28)20(32)23(35)21(33)17(13)29/h5-6,9,25H,7H2,1-4H3/t9-/m1/s1. The van der Waals surface area contributed by atoms with Gasteiger partial charge in [-0.25, -0.2) is 48.5 Å². The highest BCUT2D eigenvalue weighted by Crippen LogP contribution is 2.50. The first-order valence-electron chi connectivity index (χ1n) is 10.8. The Kier molecular flexibility index (Phi) is 6.16. The molecule has 2 aliphatic carbocycles. The number of hydrogen-bond acceptors (Lipinski definition) is 0. The number of rotatable bonds is 3. The minimum absolute atomic E-state index is 0.276. The van der Waals surface area contributed by atoms with E-state index < -0.39 is 87.0 Å². The Hall–Kier alpha value is -3.05. The quantitative estimate of drug-likeness (QED) is 0.180.